The summed E-state index contributed by atoms with van der Waals surface area (Å²) in [6.45, 7) is 4.25. The van der Waals surface area contributed by atoms with E-state index in [0.717, 1.165) is 19.5 Å². The molecule has 2 heterocycles. The Morgan fingerprint density at radius 3 is 2.04 bits per heavy atom. The third-order valence-corrected chi connectivity index (χ3v) is 6.19. The Hall–Kier alpha value is -2.13. The smallest absolute Gasteiger partial charge is 0.223 e. The van der Waals surface area contributed by atoms with Gasteiger partial charge in [-0.05, 0) is 49.9 Å². The number of nitrogens with zero attached hydrogens (tertiary/aromatic N) is 2. The van der Waals surface area contributed by atoms with Crippen molar-refractivity contribution in [2.45, 2.75) is 44.1 Å². The van der Waals surface area contributed by atoms with E-state index < -0.39 is 0 Å². The van der Waals surface area contributed by atoms with E-state index in [4.69, 9.17) is 0 Å². The lowest BCUT2D eigenvalue weighted by atomic mass is 9.88. The van der Waals surface area contributed by atoms with Crippen molar-refractivity contribution >= 4 is 5.91 Å². The van der Waals surface area contributed by atoms with Gasteiger partial charge < -0.3 is 4.90 Å². The highest BCUT2D eigenvalue weighted by Gasteiger charge is 2.30. The third-order valence-electron chi connectivity index (χ3n) is 6.19. The zero-order valence-electron chi connectivity index (χ0n) is 16.1. The molecule has 27 heavy (non-hydrogen) atoms. The van der Waals surface area contributed by atoms with Crippen LogP contribution in [0.4, 0.5) is 0 Å². The first-order valence-electron chi connectivity index (χ1n) is 10.4. The number of carbonyl (C=O) groups is 1. The molecule has 4 rings (SSSR count). The Balaban J connectivity index is 1.48. The zero-order chi connectivity index (χ0) is 18.5. The minimum Gasteiger partial charge on any atom is -0.341 e. The number of hydrogen-bond acceptors (Lipinski definition) is 2. The normalized spacial score (nSPS) is 20.9. The second kappa shape index (κ2) is 8.71. The second-order valence-electron chi connectivity index (χ2n) is 7.96. The van der Waals surface area contributed by atoms with Crippen LogP contribution in [0.2, 0.25) is 0 Å². The van der Waals surface area contributed by atoms with Crippen molar-refractivity contribution in [3.63, 3.8) is 0 Å². The van der Waals surface area contributed by atoms with Gasteiger partial charge in [-0.2, -0.15) is 0 Å². The van der Waals surface area contributed by atoms with E-state index in [0.29, 0.717) is 18.4 Å². The molecule has 3 nitrogen and oxygen atoms in total. The second-order valence-corrected chi connectivity index (χ2v) is 7.96. The Labute approximate surface area is 163 Å². The summed E-state index contributed by atoms with van der Waals surface area (Å²) in [5.41, 5.74) is 2.45. The highest BCUT2D eigenvalue weighted by atomic mass is 16.2. The van der Waals surface area contributed by atoms with E-state index in [-0.39, 0.29) is 5.92 Å². The molecule has 0 N–H and O–H groups in total. The number of likely N-dealkylation sites (tertiary alicyclic amines) is 2. The fourth-order valence-corrected chi connectivity index (χ4v) is 4.69. The van der Waals surface area contributed by atoms with E-state index >= 15 is 0 Å². The molecule has 2 saturated heterocycles. The maximum atomic E-state index is 13.2. The third kappa shape index (κ3) is 4.41. The van der Waals surface area contributed by atoms with Crippen LogP contribution in [0.15, 0.2) is 60.7 Å². The Bertz CT molecular complexity index is 685. The van der Waals surface area contributed by atoms with E-state index in [9.17, 15) is 4.79 Å². The average molecular weight is 363 g/mol. The minimum atomic E-state index is 0.132. The van der Waals surface area contributed by atoms with Crippen molar-refractivity contribution in [1.82, 2.24) is 9.80 Å². The van der Waals surface area contributed by atoms with Gasteiger partial charge in [0, 0.05) is 31.5 Å². The maximum absolute atomic E-state index is 13.2. The summed E-state index contributed by atoms with van der Waals surface area (Å²) in [4.78, 5) is 18.0. The Morgan fingerprint density at radius 1 is 0.852 bits per heavy atom. The monoisotopic (exact) mass is 362 g/mol. The van der Waals surface area contributed by atoms with Crippen molar-refractivity contribution < 1.29 is 4.79 Å². The predicted molar refractivity (Wildman–Crippen MR) is 110 cm³/mol. The minimum absolute atomic E-state index is 0.132. The molecule has 1 atom stereocenters. The molecule has 0 aromatic heterocycles. The van der Waals surface area contributed by atoms with Crippen molar-refractivity contribution in [2.24, 2.45) is 0 Å². The zero-order valence-corrected chi connectivity index (χ0v) is 16.1. The Morgan fingerprint density at radius 2 is 1.44 bits per heavy atom. The summed E-state index contributed by atoms with van der Waals surface area (Å²) in [6, 6.07) is 21.5. The van der Waals surface area contributed by atoms with Crippen LogP contribution >= 0.6 is 0 Å². The molecule has 2 aliphatic heterocycles. The molecule has 0 spiro atoms. The van der Waals surface area contributed by atoms with Crippen molar-refractivity contribution in [2.75, 3.05) is 26.2 Å². The van der Waals surface area contributed by atoms with Gasteiger partial charge in [0.1, 0.15) is 0 Å². The van der Waals surface area contributed by atoms with Gasteiger partial charge in [0.05, 0.1) is 0 Å². The number of piperidine rings is 1. The van der Waals surface area contributed by atoms with Crippen LogP contribution in [0.5, 0.6) is 0 Å². The van der Waals surface area contributed by atoms with E-state index in [1.807, 2.05) is 12.1 Å². The molecule has 0 saturated carbocycles. The van der Waals surface area contributed by atoms with Gasteiger partial charge in [0.25, 0.3) is 0 Å². The number of hydrogen-bond donors (Lipinski definition) is 0. The molecule has 1 unspecified atom stereocenters. The molecule has 2 aliphatic rings. The molecule has 0 bridgehead atoms. The molecule has 0 aliphatic carbocycles. The predicted octanol–water partition coefficient (Wildman–Crippen LogP) is 4.30. The highest BCUT2D eigenvalue weighted by molar-refractivity contribution is 5.78. The van der Waals surface area contributed by atoms with Gasteiger partial charge in [-0.1, -0.05) is 60.7 Å². The van der Waals surface area contributed by atoms with Crippen LogP contribution in [-0.2, 0) is 4.79 Å². The number of amides is 1. The van der Waals surface area contributed by atoms with Gasteiger partial charge in [-0.15, -0.1) is 0 Å². The summed E-state index contributed by atoms with van der Waals surface area (Å²) in [7, 11) is 0. The first-order valence-corrected chi connectivity index (χ1v) is 10.4. The van der Waals surface area contributed by atoms with E-state index in [2.05, 4.69) is 58.3 Å². The average Bonchev–Trinajstić information content (AvgIpc) is 3.28. The molecular weight excluding hydrogens is 332 g/mol. The summed E-state index contributed by atoms with van der Waals surface area (Å²) in [5, 5.41) is 0. The highest BCUT2D eigenvalue weighted by Crippen LogP contribution is 2.29. The number of rotatable bonds is 5. The lowest BCUT2D eigenvalue weighted by Gasteiger charge is -2.38. The first-order chi connectivity index (χ1) is 13.3. The van der Waals surface area contributed by atoms with Gasteiger partial charge in [0.15, 0.2) is 0 Å². The van der Waals surface area contributed by atoms with Crippen LogP contribution < -0.4 is 0 Å². The summed E-state index contributed by atoms with van der Waals surface area (Å²) >= 11 is 0. The van der Waals surface area contributed by atoms with Crippen molar-refractivity contribution in [3.05, 3.63) is 71.8 Å². The lowest BCUT2D eigenvalue weighted by molar-refractivity contribution is -0.133. The summed E-state index contributed by atoms with van der Waals surface area (Å²) in [5.74, 6) is 0.434. The topological polar surface area (TPSA) is 23.6 Å². The quantitative estimate of drug-likeness (QED) is 0.792. The van der Waals surface area contributed by atoms with Gasteiger partial charge >= 0.3 is 0 Å². The SMILES string of the molecule is O=C(CC(c1ccccc1)c1ccccc1)N1CCCC(N2CCCC2)C1. The lowest BCUT2D eigenvalue weighted by Crippen LogP contribution is -2.49. The van der Waals surface area contributed by atoms with Crippen LogP contribution in [0.25, 0.3) is 0 Å². The molecule has 2 aromatic carbocycles. The summed E-state index contributed by atoms with van der Waals surface area (Å²) in [6.07, 6.45) is 5.56. The van der Waals surface area contributed by atoms with Gasteiger partial charge in [-0.25, -0.2) is 0 Å². The molecular formula is C24H30N2O. The molecule has 2 aromatic rings. The van der Waals surface area contributed by atoms with Crippen molar-refractivity contribution in [3.8, 4) is 0 Å². The number of benzene rings is 2. The van der Waals surface area contributed by atoms with Crippen LogP contribution in [-0.4, -0.2) is 47.9 Å². The molecule has 1 amide bonds. The van der Waals surface area contributed by atoms with Crippen LogP contribution in [0.3, 0.4) is 0 Å². The van der Waals surface area contributed by atoms with E-state index in [1.165, 1.54) is 43.5 Å². The molecule has 2 fully saturated rings. The largest absolute Gasteiger partial charge is 0.341 e. The van der Waals surface area contributed by atoms with E-state index in [1.54, 1.807) is 0 Å². The Kier molecular flexibility index (Phi) is 5.88. The molecule has 142 valence electrons. The fraction of sp³-hybridized carbons (Fsp3) is 0.458. The standard InChI is InChI=1S/C24H30N2O/c27-24(26-17-9-14-22(19-26)25-15-7-8-16-25)18-23(20-10-3-1-4-11-20)21-12-5-2-6-13-21/h1-6,10-13,22-23H,7-9,14-19H2. The van der Waals surface area contributed by atoms with Crippen LogP contribution in [0, 0.1) is 0 Å². The molecule has 0 radical (unpaired) electrons. The summed E-state index contributed by atoms with van der Waals surface area (Å²) < 4.78 is 0. The maximum Gasteiger partial charge on any atom is 0.223 e. The van der Waals surface area contributed by atoms with Gasteiger partial charge in [-0.3, -0.25) is 9.69 Å². The van der Waals surface area contributed by atoms with Crippen LogP contribution in [0.1, 0.15) is 49.1 Å². The number of carbonyl (C=O) groups excluding carboxylic acids is 1. The van der Waals surface area contributed by atoms with Crippen molar-refractivity contribution in [1.29, 1.82) is 0 Å². The van der Waals surface area contributed by atoms with Gasteiger partial charge in [0.2, 0.25) is 5.91 Å². The first kappa shape index (κ1) is 18.2. The fourth-order valence-electron chi connectivity index (χ4n) is 4.69. The molecule has 3 heteroatoms.